The Balaban J connectivity index is 3.11. The van der Waals surface area contributed by atoms with Crippen LogP contribution in [0.1, 0.15) is 11.6 Å². The van der Waals surface area contributed by atoms with Gasteiger partial charge in [0.15, 0.2) is 0 Å². The Morgan fingerprint density at radius 1 is 1.21 bits per heavy atom. The lowest BCUT2D eigenvalue weighted by molar-refractivity contribution is -0.0716. The molecule has 9 heteroatoms. The van der Waals surface area contributed by atoms with Gasteiger partial charge in [0, 0.05) is 10.5 Å². The third-order valence-corrected chi connectivity index (χ3v) is 2.95. The van der Waals surface area contributed by atoms with Gasteiger partial charge in [-0.25, -0.2) is 8.78 Å². The van der Waals surface area contributed by atoms with E-state index in [9.17, 15) is 27.1 Å². The maximum atomic E-state index is 13.2. The van der Waals surface area contributed by atoms with Crippen molar-refractivity contribution in [3.8, 4) is 5.75 Å². The zero-order valence-electron chi connectivity index (χ0n) is 9.29. The van der Waals surface area contributed by atoms with E-state index in [1.165, 1.54) is 0 Å². The van der Waals surface area contributed by atoms with Crippen LogP contribution in [0.5, 0.6) is 5.75 Å². The molecule has 0 spiro atoms. The van der Waals surface area contributed by atoms with Gasteiger partial charge in [-0.3, -0.25) is 0 Å². The lowest BCUT2D eigenvalue weighted by atomic mass is 10.0. The van der Waals surface area contributed by atoms with Crippen molar-refractivity contribution in [2.75, 3.05) is 6.61 Å². The average molecular weight is 303 g/mol. The molecule has 1 rings (SSSR count). The lowest BCUT2D eigenvalue weighted by Gasteiger charge is -2.22. The standard InChI is InChI=1S/C10H10F5NO2S/c11-9(12,4-17)8(16)6-3-5(1-2-7(6)18)19-10(13,14)15/h1-3,8,17-18H,4,16H2/t8-/m0/s1. The van der Waals surface area contributed by atoms with Crippen LogP contribution in [-0.2, 0) is 0 Å². The van der Waals surface area contributed by atoms with E-state index in [2.05, 4.69) is 0 Å². The van der Waals surface area contributed by atoms with Crippen LogP contribution in [-0.4, -0.2) is 28.3 Å². The van der Waals surface area contributed by atoms with Gasteiger partial charge in [-0.15, -0.1) is 0 Å². The van der Waals surface area contributed by atoms with E-state index in [0.717, 1.165) is 18.2 Å². The minimum Gasteiger partial charge on any atom is -0.508 e. The molecule has 1 atom stereocenters. The van der Waals surface area contributed by atoms with Crippen molar-refractivity contribution in [3.05, 3.63) is 23.8 Å². The van der Waals surface area contributed by atoms with Crippen molar-refractivity contribution in [1.29, 1.82) is 0 Å². The number of aliphatic hydroxyl groups excluding tert-OH is 1. The van der Waals surface area contributed by atoms with Crippen LogP contribution >= 0.6 is 11.8 Å². The predicted octanol–water partition coefficient (Wildman–Crippen LogP) is 2.63. The number of phenols is 1. The third-order valence-electron chi connectivity index (χ3n) is 2.23. The zero-order chi connectivity index (χ0) is 14.8. The van der Waals surface area contributed by atoms with Crippen molar-refractivity contribution in [3.63, 3.8) is 0 Å². The number of hydrogen-bond donors (Lipinski definition) is 3. The fourth-order valence-corrected chi connectivity index (χ4v) is 1.89. The van der Waals surface area contributed by atoms with Crippen LogP contribution in [0.2, 0.25) is 0 Å². The summed E-state index contributed by atoms with van der Waals surface area (Å²) in [6.45, 7) is -1.58. The summed E-state index contributed by atoms with van der Waals surface area (Å²) < 4.78 is 62.8. The highest BCUT2D eigenvalue weighted by atomic mass is 32.2. The van der Waals surface area contributed by atoms with E-state index < -0.39 is 47.2 Å². The fourth-order valence-electron chi connectivity index (χ4n) is 1.30. The molecule has 0 radical (unpaired) electrons. The molecule has 19 heavy (non-hydrogen) atoms. The summed E-state index contributed by atoms with van der Waals surface area (Å²) in [5.74, 6) is -4.41. The van der Waals surface area contributed by atoms with Crippen LogP contribution in [0.15, 0.2) is 23.1 Å². The van der Waals surface area contributed by atoms with Crippen molar-refractivity contribution in [2.24, 2.45) is 5.73 Å². The summed E-state index contributed by atoms with van der Waals surface area (Å²) in [6.07, 6.45) is 0. The van der Waals surface area contributed by atoms with Gasteiger partial charge in [0.25, 0.3) is 5.92 Å². The van der Waals surface area contributed by atoms with Crippen LogP contribution in [0.3, 0.4) is 0 Å². The van der Waals surface area contributed by atoms with Gasteiger partial charge in [0.1, 0.15) is 18.4 Å². The summed E-state index contributed by atoms with van der Waals surface area (Å²) in [6, 6.07) is 0.394. The van der Waals surface area contributed by atoms with E-state index in [1.54, 1.807) is 0 Å². The minimum absolute atomic E-state index is 0.385. The Morgan fingerprint density at radius 3 is 2.26 bits per heavy atom. The predicted molar refractivity (Wildman–Crippen MR) is 59.0 cm³/mol. The molecule has 0 aliphatic rings. The van der Waals surface area contributed by atoms with Gasteiger partial charge in [0.2, 0.25) is 0 Å². The number of phenolic OH excluding ortho intramolecular Hbond substituents is 1. The molecule has 0 heterocycles. The highest BCUT2D eigenvalue weighted by Gasteiger charge is 2.39. The molecule has 0 unspecified atom stereocenters. The summed E-state index contributed by atoms with van der Waals surface area (Å²) in [5.41, 5.74) is 0.00902. The Labute approximate surface area is 109 Å². The van der Waals surface area contributed by atoms with Crippen LogP contribution in [0, 0.1) is 0 Å². The number of benzene rings is 1. The fraction of sp³-hybridized carbons (Fsp3) is 0.400. The van der Waals surface area contributed by atoms with E-state index >= 15 is 0 Å². The quantitative estimate of drug-likeness (QED) is 0.591. The summed E-state index contributed by atoms with van der Waals surface area (Å²) >= 11 is -0.515. The molecule has 0 bridgehead atoms. The van der Waals surface area contributed by atoms with E-state index in [4.69, 9.17) is 10.8 Å². The van der Waals surface area contributed by atoms with Crippen molar-refractivity contribution in [1.82, 2.24) is 0 Å². The summed E-state index contributed by atoms with van der Waals surface area (Å²) in [5, 5.41) is 17.9. The second kappa shape index (κ2) is 5.51. The lowest BCUT2D eigenvalue weighted by Crippen LogP contribution is -2.36. The molecule has 0 aliphatic heterocycles. The van der Waals surface area contributed by atoms with Gasteiger partial charge < -0.3 is 15.9 Å². The second-order valence-corrected chi connectivity index (χ2v) is 4.80. The van der Waals surface area contributed by atoms with Crippen LogP contribution in [0.25, 0.3) is 0 Å². The molecule has 1 aromatic carbocycles. The molecule has 0 fully saturated rings. The molecule has 0 saturated heterocycles. The number of hydrogen-bond acceptors (Lipinski definition) is 4. The Bertz CT molecular complexity index is 452. The van der Waals surface area contributed by atoms with Gasteiger partial charge in [-0.2, -0.15) is 13.2 Å². The Kier molecular flexibility index (Phi) is 4.64. The van der Waals surface area contributed by atoms with E-state index in [1.807, 2.05) is 0 Å². The molecule has 1 aromatic rings. The largest absolute Gasteiger partial charge is 0.508 e. The van der Waals surface area contributed by atoms with E-state index in [-0.39, 0.29) is 4.90 Å². The first kappa shape index (κ1) is 16.0. The smallest absolute Gasteiger partial charge is 0.446 e. The molecular weight excluding hydrogens is 293 g/mol. The number of alkyl halides is 5. The monoisotopic (exact) mass is 303 g/mol. The zero-order valence-corrected chi connectivity index (χ0v) is 10.1. The second-order valence-electron chi connectivity index (χ2n) is 3.67. The van der Waals surface area contributed by atoms with E-state index in [0.29, 0.717) is 0 Å². The molecule has 0 saturated carbocycles. The van der Waals surface area contributed by atoms with Crippen LogP contribution < -0.4 is 5.73 Å². The molecule has 4 N–H and O–H groups in total. The van der Waals surface area contributed by atoms with Gasteiger partial charge in [-0.1, -0.05) is 0 Å². The summed E-state index contributed by atoms with van der Waals surface area (Å²) in [4.78, 5) is -0.385. The first-order chi connectivity index (χ1) is 8.57. The number of aromatic hydroxyl groups is 1. The molecule has 0 amide bonds. The van der Waals surface area contributed by atoms with Crippen molar-refractivity contribution < 1.29 is 32.2 Å². The molecule has 0 aliphatic carbocycles. The highest BCUT2D eigenvalue weighted by Crippen LogP contribution is 2.41. The number of aliphatic hydroxyl groups is 1. The summed E-state index contributed by atoms with van der Waals surface area (Å²) in [7, 11) is 0. The molecular formula is C10H10F5NO2S. The molecule has 0 aromatic heterocycles. The molecule has 108 valence electrons. The SMILES string of the molecule is N[C@@H](c1cc(SC(F)(F)F)ccc1O)C(F)(F)CO. The normalized spacial score (nSPS) is 14.5. The average Bonchev–Trinajstić information content (AvgIpc) is 2.29. The first-order valence-electron chi connectivity index (χ1n) is 4.90. The number of halogens is 5. The minimum atomic E-state index is -4.59. The van der Waals surface area contributed by atoms with Gasteiger partial charge in [0.05, 0.1) is 0 Å². The van der Waals surface area contributed by atoms with Crippen molar-refractivity contribution >= 4 is 11.8 Å². The number of rotatable bonds is 4. The van der Waals surface area contributed by atoms with Crippen LogP contribution in [0.4, 0.5) is 22.0 Å². The van der Waals surface area contributed by atoms with Gasteiger partial charge in [-0.05, 0) is 30.0 Å². The van der Waals surface area contributed by atoms with Crippen molar-refractivity contribution in [2.45, 2.75) is 22.4 Å². The topological polar surface area (TPSA) is 66.5 Å². The number of thioether (sulfide) groups is 1. The maximum absolute atomic E-state index is 13.2. The highest BCUT2D eigenvalue weighted by molar-refractivity contribution is 8.00. The Morgan fingerprint density at radius 2 is 1.79 bits per heavy atom. The third kappa shape index (κ3) is 4.22. The number of nitrogens with two attached hydrogens (primary N) is 1. The molecule has 3 nitrogen and oxygen atoms in total. The van der Waals surface area contributed by atoms with Gasteiger partial charge >= 0.3 is 5.51 Å². The Hall–Kier alpha value is -1.06. The maximum Gasteiger partial charge on any atom is 0.446 e. The first-order valence-corrected chi connectivity index (χ1v) is 5.71.